The molecule has 3 fully saturated rings. The van der Waals surface area contributed by atoms with E-state index >= 15 is 0 Å². The monoisotopic (exact) mass is 543 g/mol. The van der Waals surface area contributed by atoms with Crippen LogP contribution in [-0.2, 0) is 19.9 Å². The summed E-state index contributed by atoms with van der Waals surface area (Å²) in [5.74, 6) is -2.30. The molecule has 0 aliphatic carbocycles. The van der Waals surface area contributed by atoms with Gasteiger partial charge in [0.05, 0.1) is 44.5 Å². The average molecular weight is 544 g/mol. The van der Waals surface area contributed by atoms with Gasteiger partial charge in [0.25, 0.3) is 0 Å². The first kappa shape index (κ1) is 24.1. The Hall–Kier alpha value is -2.26. The fourth-order valence-corrected chi connectivity index (χ4v) is 7.25. The van der Waals surface area contributed by atoms with Crippen LogP contribution in [0.3, 0.4) is 0 Å². The van der Waals surface area contributed by atoms with Crippen molar-refractivity contribution in [2.75, 3.05) is 23.9 Å². The Balaban J connectivity index is 1.66. The van der Waals surface area contributed by atoms with Crippen molar-refractivity contribution in [3.05, 3.63) is 51.0 Å². The summed E-state index contributed by atoms with van der Waals surface area (Å²) in [6.07, 6.45) is -1.63. The van der Waals surface area contributed by atoms with Gasteiger partial charge in [-0.15, -0.1) is 0 Å². The highest BCUT2D eigenvalue weighted by atomic mass is 35.5. The van der Waals surface area contributed by atoms with Gasteiger partial charge in [0.1, 0.15) is 17.5 Å². The minimum atomic E-state index is -2.35. The molecule has 5 atom stereocenters. The fourth-order valence-electron chi connectivity index (χ4n) is 6.49. The first-order chi connectivity index (χ1) is 16.9. The zero-order chi connectivity index (χ0) is 25.9. The molecule has 3 saturated heterocycles. The van der Waals surface area contributed by atoms with Gasteiger partial charge in [-0.1, -0.05) is 34.8 Å². The van der Waals surface area contributed by atoms with Crippen LogP contribution in [0, 0.1) is 0 Å². The molecule has 0 saturated carbocycles. The van der Waals surface area contributed by atoms with Crippen LogP contribution in [0.2, 0.25) is 25.7 Å². The topological polar surface area (TPSA) is 78.9 Å². The van der Waals surface area contributed by atoms with Crippen molar-refractivity contribution in [1.82, 2.24) is 4.90 Å². The predicted octanol–water partition coefficient (Wildman–Crippen LogP) is 3.46. The van der Waals surface area contributed by atoms with Crippen molar-refractivity contribution in [1.29, 1.82) is 0 Å². The average Bonchev–Trinajstić information content (AvgIpc) is 3.43. The van der Waals surface area contributed by atoms with E-state index in [0.29, 0.717) is 0 Å². The number of benzene rings is 2. The summed E-state index contributed by atoms with van der Waals surface area (Å²) in [6.45, 7) is -0.273. The largest absolute Gasteiger partial charge is 0.497 e. The second-order valence-electron chi connectivity index (χ2n) is 9.45. The molecule has 13 heteroatoms. The standard InChI is InChI=1S/C23H15B2Cl3FN3O4/c1-36-13-3-9(26)2-12(7-13)32-19(34)21(24)16-6-11(29)8-31(16)22(23(21,25)20(32)35)14-4-10(27)5-15(28)17(14)30-18(22)33/h2-5,7,11,16H,6,8H2,1H3,(H,30,33)/t11-,16?,21?,22?,23?/m0/s1. The Morgan fingerprint density at radius 2 is 1.75 bits per heavy atom. The first-order valence-corrected chi connectivity index (χ1v) is 12.1. The lowest BCUT2D eigenvalue weighted by Crippen LogP contribution is -2.57. The van der Waals surface area contributed by atoms with E-state index in [-0.39, 0.29) is 50.7 Å². The van der Waals surface area contributed by atoms with Crippen LogP contribution >= 0.6 is 34.8 Å². The van der Waals surface area contributed by atoms with Gasteiger partial charge in [0.2, 0.25) is 17.7 Å². The second kappa shape index (κ2) is 7.40. The third kappa shape index (κ3) is 2.49. The number of nitrogens with zero attached hydrogens (tertiary/aromatic N) is 2. The lowest BCUT2D eigenvalue weighted by molar-refractivity contribution is -0.134. The van der Waals surface area contributed by atoms with Crippen molar-refractivity contribution >= 4 is 79.6 Å². The van der Waals surface area contributed by atoms with E-state index in [1.807, 2.05) is 0 Å². The minimum Gasteiger partial charge on any atom is -0.497 e. The van der Waals surface area contributed by atoms with Gasteiger partial charge in [-0.3, -0.25) is 24.2 Å². The number of ether oxygens (including phenoxy) is 1. The maximum absolute atomic E-state index is 14.9. The van der Waals surface area contributed by atoms with E-state index in [4.69, 9.17) is 55.2 Å². The molecule has 4 aliphatic heterocycles. The molecule has 0 bridgehead atoms. The maximum atomic E-state index is 14.9. The van der Waals surface area contributed by atoms with Crippen molar-refractivity contribution in [3.8, 4) is 5.75 Å². The van der Waals surface area contributed by atoms with Crippen molar-refractivity contribution in [2.24, 2.45) is 0 Å². The fraction of sp³-hybridized carbons (Fsp3) is 0.348. The number of imide groups is 1. The Bertz CT molecular complexity index is 1410. The van der Waals surface area contributed by atoms with Crippen LogP contribution < -0.4 is 15.0 Å². The third-order valence-corrected chi connectivity index (χ3v) is 8.62. The molecule has 1 N–H and O–H groups in total. The SMILES string of the molecule is [B]C12C(=O)N(c3cc(Cl)cc(OC)c3)C(=O)C1([B])C1(C(=O)Nc3c(Cl)cc(Cl)cc31)N1C[C@@H](F)CC12. The Labute approximate surface area is 223 Å². The number of methoxy groups -OCH3 is 1. The zero-order valence-corrected chi connectivity index (χ0v) is 20.9. The predicted molar refractivity (Wildman–Crippen MR) is 134 cm³/mol. The number of hydrogen-bond donors (Lipinski definition) is 1. The molecule has 7 nitrogen and oxygen atoms in total. The highest BCUT2D eigenvalue weighted by Gasteiger charge is 2.85. The molecule has 4 aliphatic rings. The van der Waals surface area contributed by atoms with Gasteiger partial charge in [-0.25, -0.2) is 4.39 Å². The molecule has 4 heterocycles. The summed E-state index contributed by atoms with van der Waals surface area (Å²) in [5.41, 5.74) is -1.67. The van der Waals surface area contributed by atoms with Gasteiger partial charge >= 0.3 is 0 Å². The third-order valence-electron chi connectivity index (χ3n) is 7.89. The number of hydrogen-bond acceptors (Lipinski definition) is 5. The minimum absolute atomic E-state index is 0.0534. The van der Waals surface area contributed by atoms with Gasteiger partial charge < -0.3 is 10.1 Å². The maximum Gasteiger partial charge on any atom is 0.250 e. The number of fused-ring (bicyclic) bond motifs is 7. The van der Waals surface area contributed by atoms with Gasteiger partial charge in [0, 0.05) is 39.6 Å². The van der Waals surface area contributed by atoms with Gasteiger partial charge in [-0.2, -0.15) is 0 Å². The molecule has 2 aromatic carbocycles. The van der Waals surface area contributed by atoms with E-state index in [2.05, 4.69) is 5.32 Å². The molecule has 36 heavy (non-hydrogen) atoms. The molecular weight excluding hydrogens is 529 g/mol. The van der Waals surface area contributed by atoms with Crippen molar-refractivity contribution in [3.63, 3.8) is 0 Å². The number of carbonyl (C=O) groups excluding carboxylic acids is 3. The van der Waals surface area contributed by atoms with E-state index in [1.54, 1.807) is 0 Å². The second-order valence-corrected chi connectivity index (χ2v) is 10.7. The Morgan fingerprint density at radius 1 is 1.06 bits per heavy atom. The van der Waals surface area contributed by atoms with Crippen LogP contribution in [0.15, 0.2) is 30.3 Å². The molecule has 4 radical (unpaired) electrons. The number of carbonyl (C=O) groups is 3. The van der Waals surface area contributed by atoms with Gasteiger partial charge in [0.15, 0.2) is 0 Å². The lowest BCUT2D eigenvalue weighted by atomic mass is 9.39. The summed E-state index contributed by atoms with van der Waals surface area (Å²) in [7, 11) is 15.1. The van der Waals surface area contributed by atoms with E-state index in [9.17, 15) is 18.8 Å². The van der Waals surface area contributed by atoms with Crippen molar-refractivity contribution < 1.29 is 23.5 Å². The highest BCUT2D eigenvalue weighted by molar-refractivity contribution is 6.56. The highest BCUT2D eigenvalue weighted by Crippen LogP contribution is 2.78. The van der Waals surface area contributed by atoms with Crippen LogP contribution in [0.25, 0.3) is 0 Å². The van der Waals surface area contributed by atoms with Crippen LogP contribution in [0.5, 0.6) is 5.75 Å². The quantitative estimate of drug-likeness (QED) is 0.463. The summed E-state index contributed by atoms with van der Waals surface area (Å²) >= 11 is 18.9. The number of anilines is 2. The van der Waals surface area contributed by atoms with E-state index in [0.717, 1.165) is 4.90 Å². The molecule has 1 spiro atoms. The van der Waals surface area contributed by atoms with Crippen LogP contribution in [0.1, 0.15) is 12.0 Å². The molecule has 0 aromatic heterocycles. The summed E-state index contributed by atoms with van der Waals surface area (Å²) in [4.78, 5) is 44.4. The van der Waals surface area contributed by atoms with Gasteiger partial charge in [-0.05, 0) is 30.7 Å². The summed E-state index contributed by atoms with van der Waals surface area (Å²) in [5, 5.41) is -1.40. The zero-order valence-electron chi connectivity index (χ0n) is 18.6. The normalized spacial score (nSPS) is 34.8. The molecule has 180 valence electrons. The number of rotatable bonds is 2. The molecule has 3 amide bonds. The number of halogens is 4. The molecule has 6 rings (SSSR count). The first-order valence-electron chi connectivity index (χ1n) is 11.0. The van der Waals surface area contributed by atoms with Crippen LogP contribution in [-0.4, -0.2) is 64.2 Å². The molecule has 4 unspecified atom stereocenters. The lowest BCUT2D eigenvalue weighted by Gasteiger charge is -2.44. The smallest absolute Gasteiger partial charge is 0.250 e. The van der Waals surface area contributed by atoms with E-state index < -0.39 is 46.1 Å². The Morgan fingerprint density at radius 3 is 2.44 bits per heavy atom. The number of amides is 3. The van der Waals surface area contributed by atoms with Crippen molar-refractivity contribution in [2.45, 2.75) is 34.8 Å². The van der Waals surface area contributed by atoms with Crippen LogP contribution in [0.4, 0.5) is 15.8 Å². The molecular formula is C23H15B2Cl3FN3O4. The summed E-state index contributed by atoms with van der Waals surface area (Å²) in [6, 6.07) is 6.07. The molecule has 2 aromatic rings. The number of nitrogens with one attached hydrogen (secondary N) is 1. The summed E-state index contributed by atoms with van der Waals surface area (Å²) < 4.78 is 20.2. The number of alkyl halides is 1. The van der Waals surface area contributed by atoms with E-state index in [1.165, 1.54) is 42.3 Å². The Kier molecular flexibility index (Phi) is 4.96.